The maximum absolute atomic E-state index is 9.87. The van der Waals surface area contributed by atoms with Crippen molar-refractivity contribution in [1.29, 1.82) is 0 Å². The molecule has 0 bridgehead atoms. The number of aliphatic hydroxyl groups excluding tert-OH is 2. The van der Waals surface area contributed by atoms with E-state index in [0.29, 0.717) is 5.57 Å². The number of ketones is 2. The van der Waals surface area contributed by atoms with Crippen LogP contribution in [0, 0.1) is 0 Å². The van der Waals surface area contributed by atoms with E-state index >= 15 is 0 Å². The van der Waals surface area contributed by atoms with Crippen LogP contribution in [0.3, 0.4) is 0 Å². The molecule has 0 aliphatic rings. The molecule has 0 radical (unpaired) electrons. The molecule has 0 saturated carbocycles. The Morgan fingerprint density at radius 1 is 0.800 bits per heavy atom. The lowest BCUT2D eigenvalue weighted by atomic mass is 10.3. The van der Waals surface area contributed by atoms with Gasteiger partial charge >= 0.3 is 11.9 Å². The maximum Gasteiger partial charge on any atom is 0.310 e. The molecule has 0 amide bonds. The van der Waals surface area contributed by atoms with Crippen molar-refractivity contribution in [1.82, 2.24) is 0 Å². The number of carboxylic acid groups (broad SMARTS) is 2. The van der Waals surface area contributed by atoms with Gasteiger partial charge in [-0.1, -0.05) is 6.58 Å². The zero-order valence-electron chi connectivity index (χ0n) is 11.5. The lowest BCUT2D eigenvalue weighted by Crippen LogP contribution is -2.00. The second kappa shape index (κ2) is 15.0. The van der Waals surface area contributed by atoms with Crippen molar-refractivity contribution in [3.63, 3.8) is 0 Å². The van der Waals surface area contributed by atoms with Gasteiger partial charge in [0.15, 0.2) is 0 Å². The SMILES string of the molecule is C=C(CO)CO.CC(=O)CC(=O)O.CC(=O)CC(=O)O. The predicted octanol–water partition coefficient (Wildman–Crippen LogP) is -0.373. The molecule has 0 heterocycles. The van der Waals surface area contributed by atoms with Crippen LogP contribution >= 0.6 is 0 Å². The van der Waals surface area contributed by atoms with E-state index in [-0.39, 0.29) is 37.6 Å². The third-order valence-corrected chi connectivity index (χ3v) is 1.25. The molecular weight excluding hydrogens is 272 g/mol. The van der Waals surface area contributed by atoms with Crippen molar-refractivity contribution in [2.24, 2.45) is 0 Å². The van der Waals surface area contributed by atoms with Crippen molar-refractivity contribution < 1.29 is 39.6 Å². The van der Waals surface area contributed by atoms with Gasteiger partial charge < -0.3 is 20.4 Å². The Morgan fingerprint density at radius 2 is 1.05 bits per heavy atom. The first-order chi connectivity index (χ1) is 9.06. The third-order valence-electron chi connectivity index (χ3n) is 1.25. The highest BCUT2D eigenvalue weighted by atomic mass is 16.4. The summed E-state index contributed by atoms with van der Waals surface area (Å²) in [7, 11) is 0. The van der Waals surface area contributed by atoms with Gasteiger partial charge in [0.2, 0.25) is 0 Å². The van der Waals surface area contributed by atoms with Crippen LogP contribution < -0.4 is 0 Å². The van der Waals surface area contributed by atoms with Gasteiger partial charge in [0.25, 0.3) is 0 Å². The largest absolute Gasteiger partial charge is 0.481 e. The van der Waals surface area contributed by atoms with E-state index in [1.807, 2.05) is 0 Å². The summed E-state index contributed by atoms with van der Waals surface area (Å²) in [5.74, 6) is -2.75. The van der Waals surface area contributed by atoms with Crippen LogP contribution in [0.5, 0.6) is 0 Å². The molecule has 0 spiro atoms. The first-order valence-electron chi connectivity index (χ1n) is 5.37. The van der Waals surface area contributed by atoms with E-state index in [1.165, 1.54) is 13.8 Å². The van der Waals surface area contributed by atoms with Crippen LogP contribution in [0.25, 0.3) is 0 Å². The average molecular weight is 292 g/mol. The van der Waals surface area contributed by atoms with Gasteiger partial charge in [-0.3, -0.25) is 19.2 Å². The highest BCUT2D eigenvalue weighted by molar-refractivity contribution is 5.93. The number of hydrogen-bond donors (Lipinski definition) is 4. The van der Waals surface area contributed by atoms with E-state index in [9.17, 15) is 19.2 Å². The zero-order valence-corrected chi connectivity index (χ0v) is 11.5. The Bertz CT molecular complexity index is 289. The van der Waals surface area contributed by atoms with Crippen LogP contribution in [0.2, 0.25) is 0 Å². The molecule has 20 heavy (non-hydrogen) atoms. The fourth-order valence-electron chi connectivity index (χ4n) is 0.476. The summed E-state index contributed by atoms with van der Waals surface area (Å²) < 4.78 is 0. The first-order valence-corrected chi connectivity index (χ1v) is 5.37. The number of rotatable bonds is 6. The van der Waals surface area contributed by atoms with Crippen LogP contribution in [-0.2, 0) is 19.2 Å². The van der Waals surface area contributed by atoms with Gasteiger partial charge in [0, 0.05) is 0 Å². The maximum atomic E-state index is 9.87. The normalized spacial score (nSPS) is 8.20. The second-order valence-electron chi connectivity index (χ2n) is 3.61. The number of Topliss-reactive ketones (excluding diaryl/α,β-unsaturated/α-hetero) is 2. The molecule has 0 aliphatic heterocycles. The minimum Gasteiger partial charge on any atom is -0.481 e. The highest BCUT2D eigenvalue weighted by Crippen LogP contribution is 1.79. The molecular formula is C12H20O8. The smallest absolute Gasteiger partial charge is 0.310 e. The van der Waals surface area contributed by atoms with Gasteiger partial charge in [-0.25, -0.2) is 0 Å². The monoisotopic (exact) mass is 292 g/mol. The minimum absolute atomic E-state index is 0.115. The Hall–Kier alpha value is -2.06. The van der Waals surface area contributed by atoms with Gasteiger partial charge in [-0.05, 0) is 19.4 Å². The van der Waals surface area contributed by atoms with Gasteiger partial charge in [-0.2, -0.15) is 0 Å². The fourth-order valence-corrected chi connectivity index (χ4v) is 0.476. The van der Waals surface area contributed by atoms with Crippen LogP contribution in [0.15, 0.2) is 12.2 Å². The van der Waals surface area contributed by atoms with Gasteiger partial charge in [0.05, 0.1) is 13.2 Å². The second-order valence-corrected chi connectivity index (χ2v) is 3.61. The lowest BCUT2D eigenvalue weighted by molar-refractivity contribution is -0.141. The standard InChI is InChI=1S/2C4H6O3.C4H8O2/c2*1-3(5)2-4(6)7;1-4(2-5)3-6/h2*2H2,1H3,(H,6,7);5-6H,1-3H2. The van der Waals surface area contributed by atoms with E-state index in [2.05, 4.69) is 6.58 Å². The molecule has 0 aromatic rings. The molecule has 116 valence electrons. The Balaban J connectivity index is -0.000000218. The van der Waals surface area contributed by atoms with E-state index < -0.39 is 11.9 Å². The van der Waals surface area contributed by atoms with E-state index in [4.69, 9.17) is 20.4 Å². The fraction of sp³-hybridized carbons (Fsp3) is 0.500. The van der Waals surface area contributed by atoms with Crippen molar-refractivity contribution in [2.45, 2.75) is 26.7 Å². The summed E-state index contributed by atoms with van der Waals surface area (Å²) in [6.07, 6.45) is -0.722. The number of aliphatic hydroxyl groups is 2. The van der Waals surface area contributed by atoms with E-state index in [1.54, 1.807) is 0 Å². The van der Waals surface area contributed by atoms with Crippen molar-refractivity contribution >= 4 is 23.5 Å². The molecule has 0 atom stereocenters. The molecule has 0 fully saturated rings. The van der Waals surface area contributed by atoms with Crippen LogP contribution in [0.1, 0.15) is 26.7 Å². The molecule has 0 saturated heterocycles. The summed E-state index contributed by atoms with van der Waals surface area (Å²) in [4.78, 5) is 38.9. The quantitative estimate of drug-likeness (QED) is 0.382. The average Bonchev–Trinajstić information content (AvgIpc) is 2.25. The zero-order chi connectivity index (χ0) is 16.7. The Morgan fingerprint density at radius 3 is 1.05 bits per heavy atom. The minimum atomic E-state index is -1.06. The number of carbonyl (C=O) groups is 4. The topological polar surface area (TPSA) is 149 Å². The molecule has 8 heteroatoms. The number of carbonyl (C=O) groups excluding carboxylic acids is 2. The summed E-state index contributed by atoms with van der Waals surface area (Å²) in [6, 6.07) is 0. The molecule has 0 aromatic carbocycles. The Kier molecular flexibility index (Phi) is 17.3. The van der Waals surface area contributed by atoms with Crippen LogP contribution in [0.4, 0.5) is 0 Å². The van der Waals surface area contributed by atoms with Crippen molar-refractivity contribution in [3.05, 3.63) is 12.2 Å². The third kappa shape index (κ3) is 36.0. The molecule has 8 nitrogen and oxygen atoms in total. The molecule has 0 aliphatic carbocycles. The summed E-state index contributed by atoms with van der Waals surface area (Å²) in [6.45, 7) is 5.55. The molecule has 0 unspecified atom stereocenters. The lowest BCUT2D eigenvalue weighted by Gasteiger charge is -1.88. The summed E-state index contributed by atoms with van der Waals surface area (Å²) in [5.41, 5.74) is 0.454. The molecule has 4 N–H and O–H groups in total. The predicted molar refractivity (Wildman–Crippen MR) is 69.2 cm³/mol. The highest BCUT2D eigenvalue weighted by Gasteiger charge is 1.98. The molecule has 0 rings (SSSR count). The summed E-state index contributed by atoms with van der Waals surface area (Å²) in [5, 5.41) is 31.9. The first kappa shape index (κ1) is 23.1. The number of hydrogen-bond acceptors (Lipinski definition) is 6. The van der Waals surface area contributed by atoms with Crippen LogP contribution in [-0.4, -0.2) is 57.1 Å². The van der Waals surface area contributed by atoms with E-state index in [0.717, 1.165) is 0 Å². The van der Waals surface area contributed by atoms with Gasteiger partial charge in [-0.15, -0.1) is 0 Å². The summed E-state index contributed by atoms with van der Waals surface area (Å²) >= 11 is 0. The molecule has 0 aromatic heterocycles. The Labute approximate surface area is 116 Å². The number of carboxylic acids is 2. The van der Waals surface area contributed by atoms with Crippen molar-refractivity contribution in [3.8, 4) is 0 Å². The number of aliphatic carboxylic acids is 2. The van der Waals surface area contributed by atoms with Crippen molar-refractivity contribution in [2.75, 3.05) is 13.2 Å². The van der Waals surface area contributed by atoms with Gasteiger partial charge in [0.1, 0.15) is 24.4 Å².